The van der Waals surface area contributed by atoms with Gasteiger partial charge in [-0.05, 0) is 12.1 Å². The molecule has 0 aliphatic heterocycles. The summed E-state index contributed by atoms with van der Waals surface area (Å²) in [6.45, 7) is 0. The predicted molar refractivity (Wildman–Crippen MR) is 50.4 cm³/mol. The van der Waals surface area contributed by atoms with Crippen molar-refractivity contribution in [1.82, 2.24) is 15.9 Å². The Morgan fingerprint density at radius 2 is 1.57 bits per heavy atom. The Morgan fingerprint density at radius 1 is 1.07 bits per heavy atom. The Bertz CT molecular complexity index is 309. The Morgan fingerprint density at radius 3 is 2.00 bits per heavy atom. The highest BCUT2D eigenvalue weighted by molar-refractivity contribution is 5.60. The van der Waals surface area contributed by atoms with Crippen LogP contribution in [0.15, 0.2) is 28.2 Å². The van der Waals surface area contributed by atoms with E-state index in [0.717, 1.165) is 12.7 Å². The molecule has 4 N–H and O–H groups in total. The molecule has 0 aliphatic rings. The van der Waals surface area contributed by atoms with Gasteiger partial charge in [-0.2, -0.15) is 0 Å². The van der Waals surface area contributed by atoms with Gasteiger partial charge in [0.25, 0.3) is 0 Å². The van der Waals surface area contributed by atoms with Crippen LogP contribution in [0.25, 0.3) is 0 Å². The van der Waals surface area contributed by atoms with E-state index in [1.807, 2.05) is 0 Å². The summed E-state index contributed by atoms with van der Waals surface area (Å²) in [7, 11) is 0. The van der Waals surface area contributed by atoms with E-state index in [0.29, 0.717) is 11.6 Å². The molecule has 0 saturated carbocycles. The third kappa shape index (κ3) is 3.17. The van der Waals surface area contributed by atoms with Gasteiger partial charge in [0.2, 0.25) is 0 Å². The molecular weight excluding hydrogens is 186 g/mol. The number of hydroxylamine groups is 2. The molecule has 1 heterocycles. The second-order valence-electron chi connectivity index (χ2n) is 2.13. The minimum absolute atomic E-state index is 0.388. The smallest absolute Gasteiger partial charge is 0.156 e. The normalized spacial score (nSPS) is 11.0. The Labute approximate surface area is 79.8 Å². The molecule has 1 aromatic heterocycles. The molecule has 7 heteroatoms. The third-order valence-electron chi connectivity index (χ3n) is 1.23. The topological polar surface area (TPSA) is 102 Å². The van der Waals surface area contributed by atoms with E-state index in [-0.39, 0.29) is 0 Å². The molecule has 0 aromatic carbocycles. The number of nitrogens with one attached hydrogen (secondary N) is 2. The van der Waals surface area contributed by atoms with Crippen molar-refractivity contribution in [1.29, 1.82) is 0 Å². The van der Waals surface area contributed by atoms with E-state index in [1.54, 1.807) is 29.2 Å². The molecule has 0 bridgehead atoms. The van der Waals surface area contributed by atoms with Gasteiger partial charge in [-0.1, -0.05) is 6.07 Å². The molecule has 0 aliphatic carbocycles. The number of pyridine rings is 1. The third-order valence-corrected chi connectivity index (χ3v) is 1.23. The van der Waals surface area contributed by atoms with Gasteiger partial charge in [0.05, 0.1) is 0 Å². The summed E-state index contributed by atoms with van der Waals surface area (Å²) in [6, 6.07) is 4.97. The highest BCUT2D eigenvalue weighted by atomic mass is 16.5. The largest absolute Gasteiger partial charge is 0.290 e. The van der Waals surface area contributed by atoms with Crippen LogP contribution in [0.3, 0.4) is 0 Å². The molecule has 0 fully saturated rings. The number of hydrogen-bond donors (Lipinski definition) is 4. The summed E-state index contributed by atoms with van der Waals surface area (Å²) in [5, 5.41) is 16.5. The van der Waals surface area contributed by atoms with Crippen LogP contribution < -0.4 is 11.0 Å². The molecule has 0 spiro atoms. The molecule has 7 nitrogen and oxygen atoms in total. The Hall–Kier alpha value is -1.99. The van der Waals surface area contributed by atoms with Crippen molar-refractivity contribution in [3.63, 3.8) is 0 Å². The SMILES string of the molecule is ONC=Nc1cccc(N=CNO)n1. The fourth-order valence-corrected chi connectivity index (χ4v) is 0.746. The van der Waals surface area contributed by atoms with Gasteiger partial charge in [0.1, 0.15) is 12.7 Å². The van der Waals surface area contributed by atoms with Gasteiger partial charge in [-0.15, -0.1) is 0 Å². The van der Waals surface area contributed by atoms with Crippen LogP contribution in [-0.2, 0) is 0 Å². The zero-order chi connectivity index (χ0) is 10.2. The van der Waals surface area contributed by atoms with Crippen molar-refractivity contribution in [3.05, 3.63) is 18.2 Å². The molecule has 1 rings (SSSR count). The van der Waals surface area contributed by atoms with Crippen LogP contribution in [0.2, 0.25) is 0 Å². The lowest BCUT2D eigenvalue weighted by atomic mass is 10.4. The maximum atomic E-state index is 8.24. The molecule has 0 atom stereocenters. The van der Waals surface area contributed by atoms with Crippen molar-refractivity contribution in [2.24, 2.45) is 9.98 Å². The summed E-state index contributed by atoms with van der Waals surface area (Å²) in [6.07, 6.45) is 2.17. The zero-order valence-electron chi connectivity index (χ0n) is 7.12. The molecule has 0 radical (unpaired) electrons. The molecular formula is C7H9N5O2. The molecule has 0 saturated heterocycles. The summed E-state index contributed by atoms with van der Waals surface area (Å²) < 4.78 is 0. The zero-order valence-corrected chi connectivity index (χ0v) is 7.12. The highest BCUT2D eigenvalue weighted by Gasteiger charge is 1.91. The fourth-order valence-electron chi connectivity index (χ4n) is 0.746. The number of rotatable bonds is 4. The van der Waals surface area contributed by atoms with Crippen LogP contribution in [-0.4, -0.2) is 28.1 Å². The standard InChI is InChI=1S/C7H9N5O2/c13-10-4-8-6-2-1-3-7(12-6)9-5-11-14/h1-5,13-14H,(H2,8,9,10,11,12). The van der Waals surface area contributed by atoms with Crippen molar-refractivity contribution < 1.29 is 10.4 Å². The van der Waals surface area contributed by atoms with Gasteiger partial charge in [-0.25, -0.2) is 15.0 Å². The molecule has 14 heavy (non-hydrogen) atoms. The van der Waals surface area contributed by atoms with E-state index >= 15 is 0 Å². The van der Waals surface area contributed by atoms with Gasteiger partial charge >= 0.3 is 0 Å². The van der Waals surface area contributed by atoms with Gasteiger partial charge in [0, 0.05) is 0 Å². The quantitative estimate of drug-likeness (QED) is 0.315. The van der Waals surface area contributed by atoms with E-state index in [4.69, 9.17) is 10.4 Å². The van der Waals surface area contributed by atoms with Crippen molar-refractivity contribution in [2.75, 3.05) is 0 Å². The van der Waals surface area contributed by atoms with Crippen molar-refractivity contribution in [3.8, 4) is 0 Å². The average molecular weight is 195 g/mol. The van der Waals surface area contributed by atoms with Crippen molar-refractivity contribution >= 4 is 24.3 Å². The van der Waals surface area contributed by atoms with Crippen LogP contribution >= 0.6 is 0 Å². The second kappa shape index (κ2) is 5.62. The van der Waals surface area contributed by atoms with E-state index in [1.165, 1.54) is 0 Å². The minimum Gasteiger partial charge on any atom is -0.290 e. The van der Waals surface area contributed by atoms with Crippen molar-refractivity contribution in [2.45, 2.75) is 0 Å². The summed E-state index contributed by atoms with van der Waals surface area (Å²) >= 11 is 0. The molecule has 74 valence electrons. The van der Waals surface area contributed by atoms with Crippen LogP contribution in [0.5, 0.6) is 0 Å². The summed E-state index contributed by atoms with van der Waals surface area (Å²) in [5.41, 5.74) is 3.51. The highest BCUT2D eigenvalue weighted by Crippen LogP contribution is 2.13. The molecule has 0 amide bonds. The van der Waals surface area contributed by atoms with Crippen LogP contribution in [0.4, 0.5) is 11.6 Å². The van der Waals surface area contributed by atoms with Gasteiger partial charge in [0.15, 0.2) is 11.6 Å². The fraction of sp³-hybridized carbons (Fsp3) is 0. The molecule has 0 unspecified atom stereocenters. The Balaban J connectivity index is 2.78. The predicted octanol–water partition coefficient (Wildman–Crippen LogP) is 0.359. The van der Waals surface area contributed by atoms with E-state index in [9.17, 15) is 0 Å². The maximum Gasteiger partial charge on any atom is 0.156 e. The monoisotopic (exact) mass is 195 g/mol. The lowest BCUT2D eigenvalue weighted by molar-refractivity contribution is 0.240. The first kappa shape index (κ1) is 10.1. The first-order valence-electron chi connectivity index (χ1n) is 3.68. The lowest BCUT2D eigenvalue weighted by Crippen LogP contribution is -2.01. The van der Waals surface area contributed by atoms with Gasteiger partial charge < -0.3 is 0 Å². The van der Waals surface area contributed by atoms with Crippen LogP contribution in [0, 0.1) is 0 Å². The number of nitrogens with zero attached hydrogens (tertiary/aromatic N) is 3. The first-order chi connectivity index (χ1) is 6.86. The molecule has 1 aromatic rings. The summed E-state index contributed by atoms with van der Waals surface area (Å²) in [5.74, 6) is 0.776. The lowest BCUT2D eigenvalue weighted by Gasteiger charge is -1.94. The minimum atomic E-state index is 0.388. The van der Waals surface area contributed by atoms with E-state index < -0.39 is 0 Å². The number of hydrogen-bond acceptors (Lipinski definition) is 5. The Kier molecular flexibility index (Phi) is 4.05. The average Bonchev–Trinajstić information content (AvgIpc) is 2.24. The summed E-state index contributed by atoms with van der Waals surface area (Å²) in [4.78, 5) is 11.4. The first-order valence-corrected chi connectivity index (χ1v) is 3.68. The van der Waals surface area contributed by atoms with Gasteiger partial charge in [-0.3, -0.25) is 21.4 Å². The second-order valence-corrected chi connectivity index (χ2v) is 2.13. The van der Waals surface area contributed by atoms with Crippen LogP contribution in [0.1, 0.15) is 0 Å². The van der Waals surface area contributed by atoms with E-state index in [2.05, 4.69) is 15.0 Å². The maximum absolute atomic E-state index is 8.24. The number of aliphatic imine (C=N–C) groups is 2. The number of aromatic nitrogens is 1.